The maximum atomic E-state index is 13.5. The number of hydrogen-bond acceptors (Lipinski definition) is 8. The standard InChI is InChI=1S/C23H22ClFN9O/c1-4-34(3)12-29-19-20(27-11-28-22(19)34)30-13(2)21-31-16-7-5-6-15(24)18(16)23(35)33(21)32-17-9-8-14(25)10-26-17/h5-13H,4H2,1-3H3,(H,26,32)(H,27,28,30)/q+1. The van der Waals surface area contributed by atoms with E-state index >= 15 is 0 Å². The summed E-state index contributed by atoms with van der Waals surface area (Å²) >= 11 is 6.33. The molecule has 0 amide bonds. The van der Waals surface area contributed by atoms with E-state index in [1.54, 1.807) is 18.2 Å². The van der Waals surface area contributed by atoms with Gasteiger partial charge in [-0.25, -0.2) is 28.5 Å². The quantitative estimate of drug-likeness (QED) is 0.389. The lowest BCUT2D eigenvalue weighted by atomic mass is 10.2. The van der Waals surface area contributed by atoms with Gasteiger partial charge in [0.2, 0.25) is 0 Å². The number of benzene rings is 1. The second-order valence-electron chi connectivity index (χ2n) is 8.31. The Bertz CT molecular complexity index is 1520. The Morgan fingerprint density at radius 2 is 2.03 bits per heavy atom. The Morgan fingerprint density at radius 1 is 1.20 bits per heavy atom. The molecule has 5 rings (SSSR count). The molecule has 3 aromatic heterocycles. The molecule has 0 saturated carbocycles. The molecule has 0 bridgehead atoms. The zero-order chi connectivity index (χ0) is 24.7. The van der Waals surface area contributed by atoms with Crippen molar-refractivity contribution in [3.63, 3.8) is 0 Å². The highest BCUT2D eigenvalue weighted by atomic mass is 35.5. The fraction of sp³-hybridized carbons (Fsp3) is 0.217. The van der Waals surface area contributed by atoms with Crippen LogP contribution in [0.5, 0.6) is 0 Å². The van der Waals surface area contributed by atoms with E-state index in [-0.39, 0.29) is 16.2 Å². The van der Waals surface area contributed by atoms with E-state index in [1.807, 2.05) is 20.3 Å². The van der Waals surface area contributed by atoms with E-state index in [9.17, 15) is 9.18 Å². The maximum Gasteiger partial charge on any atom is 0.281 e. The van der Waals surface area contributed by atoms with E-state index in [4.69, 9.17) is 16.6 Å². The van der Waals surface area contributed by atoms with Gasteiger partial charge in [-0.2, -0.15) is 9.98 Å². The first-order chi connectivity index (χ1) is 16.8. The van der Waals surface area contributed by atoms with Gasteiger partial charge in [-0.05, 0) is 38.1 Å². The molecule has 0 radical (unpaired) electrons. The molecule has 4 heterocycles. The van der Waals surface area contributed by atoms with Crippen molar-refractivity contribution in [1.29, 1.82) is 0 Å². The maximum absolute atomic E-state index is 13.5. The van der Waals surface area contributed by atoms with Crippen LogP contribution in [0.15, 0.2) is 52.6 Å². The molecule has 0 spiro atoms. The summed E-state index contributed by atoms with van der Waals surface area (Å²) in [6.07, 6.45) is 4.36. The molecule has 12 heteroatoms. The molecule has 178 valence electrons. The van der Waals surface area contributed by atoms with Crippen LogP contribution in [0.25, 0.3) is 10.9 Å². The molecule has 0 saturated heterocycles. The average Bonchev–Trinajstić information content (AvgIpc) is 3.20. The van der Waals surface area contributed by atoms with E-state index in [0.717, 1.165) is 18.6 Å². The van der Waals surface area contributed by atoms with Crippen molar-refractivity contribution in [1.82, 2.24) is 29.1 Å². The van der Waals surface area contributed by atoms with Crippen LogP contribution < -0.4 is 20.8 Å². The Hall–Kier alpha value is -3.96. The fourth-order valence-electron chi connectivity index (χ4n) is 3.87. The Labute approximate surface area is 204 Å². The van der Waals surface area contributed by atoms with E-state index in [0.29, 0.717) is 27.3 Å². The minimum atomic E-state index is -0.505. The monoisotopic (exact) mass is 494 g/mol. The number of rotatable bonds is 6. The highest BCUT2D eigenvalue weighted by Gasteiger charge is 2.35. The molecule has 4 aromatic rings. The number of fused-ring (bicyclic) bond motifs is 2. The van der Waals surface area contributed by atoms with Crippen LogP contribution in [-0.2, 0) is 0 Å². The van der Waals surface area contributed by atoms with E-state index in [2.05, 4.69) is 37.6 Å². The van der Waals surface area contributed by atoms with Crippen molar-refractivity contribution in [2.24, 2.45) is 4.99 Å². The highest BCUT2D eigenvalue weighted by molar-refractivity contribution is 6.35. The molecular formula is C23H22ClFN9O+. The number of aliphatic imine (C=N–C) groups is 1. The zero-order valence-electron chi connectivity index (χ0n) is 19.2. The number of nitrogens with zero attached hydrogens (tertiary/aromatic N) is 7. The number of aromatic nitrogens is 5. The lowest BCUT2D eigenvalue weighted by Gasteiger charge is -2.23. The van der Waals surface area contributed by atoms with Gasteiger partial charge in [0.15, 0.2) is 23.7 Å². The topological polar surface area (TPSA) is 110 Å². The van der Waals surface area contributed by atoms with Gasteiger partial charge in [-0.15, -0.1) is 0 Å². The third-order valence-electron chi connectivity index (χ3n) is 5.95. The molecular weight excluding hydrogens is 473 g/mol. The summed E-state index contributed by atoms with van der Waals surface area (Å²) in [6, 6.07) is 7.24. The molecule has 2 atom stereocenters. The van der Waals surface area contributed by atoms with Gasteiger partial charge in [-0.1, -0.05) is 17.7 Å². The molecule has 10 nitrogen and oxygen atoms in total. The number of halogens is 2. The lowest BCUT2D eigenvalue weighted by Crippen LogP contribution is -2.42. The van der Waals surface area contributed by atoms with Gasteiger partial charge in [0, 0.05) is 0 Å². The summed E-state index contributed by atoms with van der Waals surface area (Å²) in [5.74, 6) is 1.41. The SMILES string of the molecule is CC[N+]1(C)C=Nc2c(NC(C)c3nc4cccc(Cl)c4c(=O)n3Nc3ccc(F)cn3)ncnc21. The Morgan fingerprint density at radius 3 is 2.77 bits per heavy atom. The molecule has 0 fully saturated rings. The van der Waals surface area contributed by atoms with Crippen LogP contribution in [0, 0.1) is 5.82 Å². The van der Waals surface area contributed by atoms with Crippen molar-refractivity contribution < 1.29 is 4.39 Å². The largest absolute Gasteiger partial charge is 0.358 e. The normalized spacial score (nSPS) is 17.4. The molecule has 1 aliphatic heterocycles. The third-order valence-corrected chi connectivity index (χ3v) is 6.27. The molecule has 0 aliphatic carbocycles. The first-order valence-corrected chi connectivity index (χ1v) is 11.3. The van der Waals surface area contributed by atoms with Crippen molar-refractivity contribution in [3.8, 4) is 0 Å². The predicted octanol–water partition coefficient (Wildman–Crippen LogP) is 4.05. The van der Waals surface area contributed by atoms with Gasteiger partial charge in [0.1, 0.15) is 18.0 Å². The molecule has 2 unspecified atom stereocenters. The summed E-state index contributed by atoms with van der Waals surface area (Å²) in [4.78, 5) is 35.6. The highest BCUT2D eigenvalue weighted by Crippen LogP contribution is 2.40. The van der Waals surface area contributed by atoms with E-state index in [1.165, 1.54) is 23.1 Å². The average molecular weight is 495 g/mol. The summed E-state index contributed by atoms with van der Waals surface area (Å²) in [5.41, 5.74) is 3.58. The van der Waals surface area contributed by atoms with Crippen LogP contribution in [0.4, 0.5) is 27.5 Å². The van der Waals surface area contributed by atoms with Crippen LogP contribution >= 0.6 is 11.6 Å². The summed E-state index contributed by atoms with van der Waals surface area (Å²) in [5, 5.41) is 3.84. The first-order valence-electron chi connectivity index (χ1n) is 10.9. The predicted molar refractivity (Wildman–Crippen MR) is 135 cm³/mol. The van der Waals surface area contributed by atoms with Crippen LogP contribution in [0.1, 0.15) is 25.7 Å². The Kier molecular flexibility index (Phi) is 5.65. The molecule has 1 aromatic carbocycles. The number of nitrogens with one attached hydrogen (secondary N) is 2. The molecule has 1 aliphatic rings. The minimum Gasteiger partial charge on any atom is -0.358 e. The summed E-state index contributed by atoms with van der Waals surface area (Å²) in [6.45, 7) is 4.68. The van der Waals surface area contributed by atoms with Crippen LogP contribution in [-0.4, -0.2) is 44.5 Å². The first kappa shape index (κ1) is 22.8. The van der Waals surface area contributed by atoms with Gasteiger partial charge in [-0.3, -0.25) is 10.2 Å². The second kappa shape index (κ2) is 8.67. The number of quaternary nitrogens is 1. The minimum absolute atomic E-state index is 0.253. The van der Waals surface area contributed by atoms with Gasteiger partial charge >= 0.3 is 0 Å². The van der Waals surface area contributed by atoms with Crippen molar-refractivity contribution in [2.45, 2.75) is 19.9 Å². The Balaban J connectivity index is 1.60. The van der Waals surface area contributed by atoms with E-state index < -0.39 is 17.4 Å². The third kappa shape index (κ3) is 3.98. The fourth-order valence-corrected chi connectivity index (χ4v) is 4.12. The van der Waals surface area contributed by atoms with Gasteiger partial charge < -0.3 is 5.32 Å². The molecule has 2 N–H and O–H groups in total. The number of anilines is 2. The van der Waals surface area contributed by atoms with Gasteiger partial charge in [0.05, 0.1) is 41.8 Å². The second-order valence-corrected chi connectivity index (χ2v) is 8.71. The van der Waals surface area contributed by atoms with Crippen LogP contribution in [0.2, 0.25) is 5.02 Å². The smallest absolute Gasteiger partial charge is 0.281 e. The van der Waals surface area contributed by atoms with Crippen molar-refractivity contribution in [3.05, 3.63) is 69.9 Å². The number of hydrogen-bond donors (Lipinski definition) is 2. The number of pyridine rings is 1. The summed E-state index contributed by atoms with van der Waals surface area (Å²) < 4.78 is 15.1. The zero-order valence-corrected chi connectivity index (χ0v) is 20.0. The summed E-state index contributed by atoms with van der Waals surface area (Å²) in [7, 11) is 2.02. The lowest BCUT2D eigenvalue weighted by molar-refractivity contribution is 0.527. The molecule has 35 heavy (non-hydrogen) atoms. The van der Waals surface area contributed by atoms with Crippen LogP contribution in [0.3, 0.4) is 0 Å². The van der Waals surface area contributed by atoms with Gasteiger partial charge in [0.25, 0.3) is 11.4 Å². The van der Waals surface area contributed by atoms with Crippen molar-refractivity contribution in [2.75, 3.05) is 24.3 Å². The van der Waals surface area contributed by atoms with Crippen molar-refractivity contribution >= 4 is 52.0 Å².